The lowest BCUT2D eigenvalue weighted by Crippen LogP contribution is -2.45. The van der Waals surface area contributed by atoms with E-state index < -0.39 is 17.6 Å². The number of anilines is 1. The minimum Gasteiger partial charge on any atom is -0.484 e. The molecular weight excluding hydrogens is 521 g/mol. The van der Waals surface area contributed by atoms with Gasteiger partial charge in [-0.3, -0.25) is 14.8 Å². The largest absolute Gasteiger partial charge is 0.484 e. The van der Waals surface area contributed by atoms with E-state index in [0.29, 0.717) is 5.75 Å². The van der Waals surface area contributed by atoms with Gasteiger partial charge >= 0.3 is 6.18 Å². The van der Waals surface area contributed by atoms with Crippen LogP contribution in [-0.2, 0) is 17.5 Å². The summed E-state index contributed by atoms with van der Waals surface area (Å²) < 4.78 is 47.2. The Morgan fingerprint density at radius 2 is 1.75 bits per heavy atom. The topological polar surface area (TPSA) is 86.4 Å². The fraction of sp³-hybridized carbons (Fsp3) is 0.345. The lowest BCUT2D eigenvalue weighted by Gasteiger charge is -2.34. The Bertz CT molecular complexity index is 1480. The quantitative estimate of drug-likeness (QED) is 0.316. The molecule has 5 rings (SSSR count). The van der Waals surface area contributed by atoms with E-state index in [1.807, 2.05) is 30.0 Å². The molecule has 1 amide bonds. The smallest absolute Gasteiger partial charge is 0.416 e. The maximum absolute atomic E-state index is 13.9. The summed E-state index contributed by atoms with van der Waals surface area (Å²) in [5, 5.41) is 10.5. The number of ether oxygens (including phenoxy) is 1. The van der Waals surface area contributed by atoms with Crippen LogP contribution in [0.2, 0.25) is 0 Å². The van der Waals surface area contributed by atoms with E-state index in [2.05, 4.69) is 32.3 Å². The van der Waals surface area contributed by atoms with Gasteiger partial charge in [-0.1, -0.05) is 25.1 Å². The molecule has 1 saturated heterocycles. The molecule has 4 aromatic rings. The van der Waals surface area contributed by atoms with Crippen LogP contribution in [0.3, 0.4) is 0 Å². The number of piperazine rings is 1. The Balaban J connectivity index is 1.19. The second-order valence-electron chi connectivity index (χ2n) is 9.87. The first-order chi connectivity index (χ1) is 19.2. The Kier molecular flexibility index (Phi) is 8.04. The number of aromatic nitrogens is 3. The van der Waals surface area contributed by atoms with Crippen molar-refractivity contribution >= 4 is 22.6 Å². The number of H-pyrrole nitrogens is 1. The van der Waals surface area contributed by atoms with Crippen molar-refractivity contribution in [1.82, 2.24) is 25.0 Å². The normalized spacial score (nSPS) is 14.9. The molecule has 0 bridgehead atoms. The summed E-state index contributed by atoms with van der Waals surface area (Å²) in [6.45, 7) is 7.91. The predicted molar refractivity (Wildman–Crippen MR) is 147 cm³/mol. The molecule has 0 spiro atoms. The van der Waals surface area contributed by atoms with Gasteiger partial charge in [-0.15, -0.1) is 0 Å². The number of benzene rings is 2. The molecule has 0 unspecified atom stereocenters. The molecule has 0 atom stereocenters. The van der Waals surface area contributed by atoms with Crippen LogP contribution < -0.4 is 10.1 Å². The molecule has 0 radical (unpaired) electrons. The molecule has 40 heavy (non-hydrogen) atoms. The van der Waals surface area contributed by atoms with E-state index in [0.717, 1.165) is 66.6 Å². The molecular formula is C29H31F3N6O2. The van der Waals surface area contributed by atoms with Gasteiger partial charge in [-0.05, 0) is 54.9 Å². The zero-order valence-corrected chi connectivity index (χ0v) is 22.4. The number of halogens is 3. The van der Waals surface area contributed by atoms with Gasteiger partial charge in [0.15, 0.2) is 12.3 Å². The van der Waals surface area contributed by atoms with Crippen molar-refractivity contribution in [2.75, 3.05) is 44.6 Å². The average molecular weight is 553 g/mol. The van der Waals surface area contributed by atoms with Crippen molar-refractivity contribution in [3.05, 3.63) is 71.5 Å². The first-order valence-corrected chi connectivity index (χ1v) is 13.2. The number of aryl methyl sites for hydroxylation is 1. The monoisotopic (exact) mass is 552 g/mol. The molecule has 2 aromatic carbocycles. The predicted octanol–water partition coefficient (Wildman–Crippen LogP) is 5.11. The summed E-state index contributed by atoms with van der Waals surface area (Å²) >= 11 is 0. The van der Waals surface area contributed by atoms with Crippen LogP contribution in [0.4, 0.5) is 18.9 Å². The third-order valence-electron chi connectivity index (χ3n) is 7.17. The lowest BCUT2D eigenvalue weighted by molar-refractivity contribution is -0.138. The van der Waals surface area contributed by atoms with Crippen molar-refractivity contribution in [1.29, 1.82) is 0 Å². The minimum absolute atomic E-state index is 0.0771. The van der Waals surface area contributed by atoms with E-state index in [1.54, 1.807) is 18.3 Å². The van der Waals surface area contributed by atoms with Crippen LogP contribution >= 0.6 is 0 Å². The second kappa shape index (κ2) is 11.6. The third kappa shape index (κ3) is 6.43. The van der Waals surface area contributed by atoms with E-state index in [1.165, 1.54) is 12.1 Å². The van der Waals surface area contributed by atoms with Crippen molar-refractivity contribution in [2.45, 2.75) is 26.6 Å². The molecule has 1 aliphatic rings. The van der Waals surface area contributed by atoms with Crippen molar-refractivity contribution in [3.8, 4) is 16.9 Å². The third-order valence-corrected chi connectivity index (χ3v) is 7.17. The van der Waals surface area contributed by atoms with Gasteiger partial charge in [0.2, 0.25) is 0 Å². The zero-order valence-electron chi connectivity index (χ0n) is 22.4. The van der Waals surface area contributed by atoms with E-state index in [9.17, 15) is 18.0 Å². The van der Waals surface area contributed by atoms with Crippen molar-refractivity contribution < 1.29 is 22.7 Å². The van der Waals surface area contributed by atoms with Crippen LogP contribution in [0.15, 0.2) is 54.7 Å². The van der Waals surface area contributed by atoms with Crippen LogP contribution in [-0.4, -0.2) is 70.2 Å². The number of alkyl halides is 3. The number of fused-ring (bicyclic) bond motifs is 1. The van der Waals surface area contributed by atoms with Gasteiger partial charge in [0.1, 0.15) is 5.75 Å². The highest BCUT2D eigenvalue weighted by molar-refractivity contribution is 5.92. The lowest BCUT2D eigenvalue weighted by atomic mass is 10.0. The zero-order chi connectivity index (χ0) is 28.3. The summed E-state index contributed by atoms with van der Waals surface area (Å²) in [6.07, 6.45) is -2.79. The van der Waals surface area contributed by atoms with Gasteiger partial charge in [-0.25, -0.2) is 4.98 Å². The summed E-state index contributed by atoms with van der Waals surface area (Å²) in [5.41, 5.74) is 2.94. The van der Waals surface area contributed by atoms with Gasteiger partial charge in [0.05, 0.1) is 11.3 Å². The molecule has 2 N–H and O–H groups in total. The molecule has 1 aliphatic heterocycles. The van der Waals surface area contributed by atoms with Crippen LogP contribution in [0.1, 0.15) is 23.7 Å². The SMILES string of the molecule is CCN1CCN(Cc2ccc(NC(=O)COc3ccc(-c4cnc5[nH]nc(C)c5c4)cc3)cc2C(F)(F)F)CC1. The second-order valence-corrected chi connectivity index (χ2v) is 9.87. The Morgan fingerprint density at radius 3 is 2.45 bits per heavy atom. The van der Waals surface area contributed by atoms with Gasteiger partial charge in [0.25, 0.3) is 5.91 Å². The maximum Gasteiger partial charge on any atom is 0.416 e. The van der Waals surface area contributed by atoms with Crippen LogP contribution in [0, 0.1) is 6.92 Å². The molecule has 0 saturated carbocycles. The summed E-state index contributed by atoms with van der Waals surface area (Å²) in [5.74, 6) is -0.0901. The number of aromatic amines is 1. The number of hydrogen-bond acceptors (Lipinski definition) is 6. The molecule has 1 fully saturated rings. The fourth-order valence-electron chi connectivity index (χ4n) is 4.83. The summed E-state index contributed by atoms with van der Waals surface area (Å²) in [4.78, 5) is 21.2. The Labute approximate surface area is 230 Å². The van der Waals surface area contributed by atoms with Gasteiger partial charge in [0, 0.05) is 55.6 Å². The Hall–Kier alpha value is -3.96. The summed E-state index contributed by atoms with van der Waals surface area (Å²) in [6, 6.07) is 13.1. The highest BCUT2D eigenvalue weighted by Gasteiger charge is 2.34. The van der Waals surface area contributed by atoms with Gasteiger partial charge in [-0.2, -0.15) is 18.3 Å². The van der Waals surface area contributed by atoms with Crippen LogP contribution in [0.5, 0.6) is 5.75 Å². The number of nitrogens with one attached hydrogen (secondary N) is 2. The van der Waals surface area contributed by atoms with E-state index in [4.69, 9.17) is 4.74 Å². The number of rotatable bonds is 8. The fourth-order valence-corrected chi connectivity index (χ4v) is 4.83. The van der Waals surface area contributed by atoms with Crippen molar-refractivity contribution in [3.63, 3.8) is 0 Å². The molecule has 2 aromatic heterocycles. The molecule has 11 heteroatoms. The summed E-state index contributed by atoms with van der Waals surface area (Å²) in [7, 11) is 0. The number of likely N-dealkylation sites (N-methyl/N-ethyl adjacent to an activating group) is 1. The molecule has 0 aliphatic carbocycles. The van der Waals surface area contributed by atoms with Crippen molar-refractivity contribution in [2.24, 2.45) is 0 Å². The first-order valence-electron chi connectivity index (χ1n) is 13.2. The number of carbonyl (C=O) groups excluding carboxylic acids is 1. The highest BCUT2D eigenvalue weighted by atomic mass is 19.4. The highest BCUT2D eigenvalue weighted by Crippen LogP contribution is 2.34. The maximum atomic E-state index is 13.9. The van der Waals surface area contributed by atoms with E-state index in [-0.39, 0.29) is 24.4 Å². The average Bonchev–Trinajstić information content (AvgIpc) is 3.32. The van der Waals surface area contributed by atoms with Gasteiger partial charge < -0.3 is 15.0 Å². The number of amides is 1. The number of nitrogens with zero attached hydrogens (tertiary/aromatic N) is 4. The number of pyridine rings is 1. The minimum atomic E-state index is -4.53. The molecule has 8 nitrogen and oxygen atoms in total. The number of carbonyl (C=O) groups is 1. The van der Waals surface area contributed by atoms with E-state index >= 15 is 0 Å². The van der Waals surface area contributed by atoms with Crippen LogP contribution in [0.25, 0.3) is 22.2 Å². The first kappa shape index (κ1) is 27.6. The molecule has 210 valence electrons. The Morgan fingerprint density at radius 1 is 1.02 bits per heavy atom. The number of hydrogen-bond donors (Lipinski definition) is 2. The molecule has 3 heterocycles. The standard InChI is InChI=1S/C29H31F3N6O2/c1-3-37-10-12-38(13-11-37)17-21-4-7-23(15-26(21)29(30,31)32)34-27(39)18-40-24-8-5-20(6-9-24)22-14-25-19(2)35-36-28(25)33-16-22/h4-9,14-16H,3,10-13,17-18H2,1-2H3,(H,34,39)(H,33,35,36).